The summed E-state index contributed by atoms with van der Waals surface area (Å²) in [6.07, 6.45) is -5.01. The van der Waals surface area contributed by atoms with Crippen molar-refractivity contribution >= 4 is 6.29 Å². The average molecular weight is 208 g/mol. The van der Waals surface area contributed by atoms with E-state index in [0.717, 1.165) is 0 Å². The molecule has 14 heavy (non-hydrogen) atoms. The molecule has 0 aliphatic heterocycles. The molecule has 4 atom stereocenters. The maximum Gasteiger partial charge on any atom is 0.151 e. The SMILES string of the molecule is COC[C@@H](O)[C@H](O)[C@H](O)[C@H](C=O)OC. The lowest BCUT2D eigenvalue weighted by atomic mass is 10.0. The Bertz CT molecular complexity index is 162. The molecule has 0 aromatic carbocycles. The molecule has 0 saturated heterocycles. The molecular formula is C8H16O6. The van der Waals surface area contributed by atoms with Crippen LogP contribution >= 0.6 is 0 Å². The highest BCUT2D eigenvalue weighted by atomic mass is 16.5. The molecule has 0 spiro atoms. The van der Waals surface area contributed by atoms with Gasteiger partial charge in [-0.1, -0.05) is 0 Å². The topological polar surface area (TPSA) is 96.2 Å². The number of hydrogen-bond donors (Lipinski definition) is 3. The first-order valence-electron chi connectivity index (χ1n) is 4.09. The van der Waals surface area contributed by atoms with Crippen molar-refractivity contribution in [3.63, 3.8) is 0 Å². The predicted octanol–water partition coefficient (Wildman–Crippen LogP) is -2.07. The van der Waals surface area contributed by atoms with Crippen molar-refractivity contribution in [3.05, 3.63) is 0 Å². The number of carbonyl (C=O) groups excluding carboxylic acids is 1. The number of methoxy groups -OCH3 is 2. The van der Waals surface area contributed by atoms with Crippen molar-refractivity contribution in [2.45, 2.75) is 24.4 Å². The highest BCUT2D eigenvalue weighted by Gasteiger charge is 2.31. The molecule has 0 bridgehead atoms. The molecule has 0 aromatic rings. The van der Waals surface area contributed by atoms with E-state index in [4.69, 9.17) is 0 Å². The third-order valence-electron chi connectivity index (χ3n) is 1.82. The van der Waals surface area contributed by atoms with E-state index in [2.05, 4.69) is 9.47 Å². The van der Waals surface area contributed by atoms with E-state index in [1.807, 2.05) is 0 Å². The molecule has 0 rings (SSSR count). The molecule has 0 unspecified atom stereocenters. The van der Waals surface area contributed by atoms with Gasteiger partial charge in [-0.3, -0.25) is 0 Å². The predicted molar refractivity (Wildman–Crippen MR) is 46.8 cm³/mol. The van der Waals surface area contributed by atoms with Gasteiger partial charge >= 0.3 is 0 Å². The van der Waals surface area contributed by atoms with Gasteiger partial charge in [0.1, 0.15) is 24.4 Å². The zero-order valence-corrected chi connectivity index (χ0v) is 8.16. The molecule has 0 saturated carbocycles. The van der Waals surface area contributed by atoms with Crippen LogP contribution in [-0.4, -0.2) is 66.8 Å². The van der Waals surface area contributed by atoms with Gasteiger partial charge in [0.05, 0.1) is 6.61 Å². The Morgan fingerprint density at radius 1 is 1.21 bits per heavy atom. The van der Waals surface area contributed by atoms with Crippen LogP contribution in [0.1, 0.15) is 0 Å². The second kappa shape index (κ2) is 6.86. The summed E-state index contributed by atoms with van der Waals surface area (Å²) in [5, 5.41) is 27.9. The van der Waals surface area contributed by atoms with Crippen LogP contribution in [0.15, 0.2) is 0 Å². The van der Waals surface area contributed by atoms with E-state index >= 15 is 0 Å². The highest BCUT2D eigenvalue weighted by Crippen LogP contribution is 2.06. The number of aliphatic hydroxyl groups is 3. The van der Waals surface area contributed by atoms with Gasteiger partial charge in [0.25, 0.3) is 0 Å². The van der Waals surface area contributed by atoms with E-state index in [-0.39, 0.29) is 6.61 Å². The molecule has 0 aliphatic rings. The molecule has 6 heteroatoms. The van der Waals surface area contributed by atoms with Crippen LogP contribution in [-0.2, 0) is 14.3 Å². The Kier molecular flexibility index (Phi) is 6.60. The summed E-state index contributed by atoms with van der Waals surface area (Å²) in [5.74, 6) is 0. The first-order chi connectivity index (χ1) is 6.58. The minimum absolute atomic E-state index is 0.131. The van der Waals surface area contributed by atoms with Gasteiger partial charge in [0.15, 0.2) is 6.29 Å². The van der Waals surface area contributed by atoms with Gasteiger partial charge in [0, 0.05) is 14.2 Å². The van der Waals surface area contributed by atoms with E-state index in [9.17, 15) is 20.1 Å². The summed E-state index contributed by atoms with van der Waals surface area (Å²) in [4.78, 5) is 10.4. The molecule has 0 radical (unpaired) electrons. The highest BCUT2D eigenvalue weighted by molar-refractivity contribution is 5.57. The Morgan fingerprint density at radius 2 is 1.79 bits per heavy atom. The van der Waals surface area contributed by atoms with E-state index < -0.39 is 24.4 Å². The molecule has 0 amide bonds. The fourth-order valence-electron chi connectivity index (χ4n) is 0.967. The molecule has 3 N–H and O–H groups in total. The Hall–Kier alpha value is -0.530. The minimum Gasteiger partial charge on any atom is -0.388 e. The van der Waals surface area contributed by atoms with Crippen molar-refractivity contribution in [2.75, 3.05) is 20.8 Å². The summed E-state index contributed by atoms with van der Waals surface area (Å²) in [6, 6.07) is 0. The van der Waals surface area contributed by atoms with Crippen molar-refractivity contribution in [1.82, 2.24) is 0 Å². The quantitative estimate of drug-likeness (QED) is 0.416. The van der Waals surface area contributed by atoms with Gasteiger partial charge < -0.3 is 29.6 Å². The second-order valence-electron chi connectivity index (χ2n) is 2.84. The Labute approximate surface area is 82.1 Å². The summed E-state index contributed by atoms with van der Waals surface area (Å²) >= 11 is 0. The number of aldehydes is 1. The van der Waals surface area contributed by atoms with Gasteiger partial charge in [-0.05, 0) is 0 Å². The van der Waals surface area contributed by atoms with Crippen LogP contribution in [0, 0.1) is 0 Å². The third-order valence-corrected chi connectivity index (χ3v) is 1.82. The van der Waals surface area contributed by atoms with Crippen LogP contribution in [0.3, 0.4) is 0 Å². The van der Waals surface area contributed by atoms with Crippen molar-refractivity contribution in [3.8, 4) is 0 Å². The summed E-state index contributed by atoms with van der Waals surface area (Å²) in [5.41, 5.74) is 0. The van der Waals surface area contributed by atoms with Crippen LogP contribution in [0.5, 0.6) is 0 Å². The number of ether oxygens (including phenoxy) is 2. The van der Waals surface area contributed by atoms with Gasteiger partial charge in [-0.2, -0.15) is 0 Å². The molecular weight excluding hydrogens is 192 g/mol. The molecule has 6 nitrogen and oxygen atoms in total. The lowest BCUT2D eigenvalue weighted by Crippen LogP contribution is -2.47. The van der Waals surface area contributed by atoms with Gasteiger partial charge in [-0.15, -0.1) is 0 Å². The maximum atomic E-state index is 10.4. The standard InChI is InChI=1S/C8H16O6/c1-13-4-5(10)7(11)8(12)6(3-9)14-2/h3,5-8,10-12H,4H2,1-2H3/t5-,6+,7+,8-/m1/s1. The molecule has 0 aromatic heterocycles. The van der Waals surface area contributed by atoms with Gasteiger partial charge in [0.2, 0.25) is 0 Å². The van der Waals surface area contributed by atoms with Crippen LogP contribution in [0.25, 0.3) is 0 Å². The third kappa shape index (κ3) is 3.69. The van der Waals surface area contributed by atoms with Gasteiger partial charge in [-0.25, -0.2) is 0 Å². The minimum atomic E-state index is -1.48. The molecule has 84 valence electrons. The smallest absolute Gasteiger partial charge is 0.151 e. The normalized spacial score (nSPS) is 19.8. The average Bonchev–Trinajstić information content (AvgIpc) is 2.18. The lowest BCUT2D eigenvalue weighted by Gasteiger charge is -2.25. The van der Waals surface area contributed by atoms with E-state index in [1.54, 1.807) is 0 Å². The second-order valence-corrected chi connectivity index (χ2v) is 2.84. The molecule has 0 fully saturated rings. The fourth-order valence-corrected chi connectivity index (χ4v) is 0.967. The zero-order valence-electron chi connectivity index (χ0n) is 8.16. The largest absolute Gasteiger partial charge is 0.388 e. The number of carbonyl (C=O) groups is 1. The van der Waals surface area contributed by atoms with Crippen molar-refractivity contribution in [2.24, 2.45) is 0 Å². The zero-order chi connectivity index (χ0) is 11.1. The van der Waals surface area contributed by atoms with E-state index in [1.165, 1.54) is 14.2 Å². The first-order valence-corrected chi connectivity index (χ1v) is 4.09. The fraction of sp³-hybridized carbons (Fsp3) is 0.875. The first kappa shape index (κ1) is 13.5. The number of hydrogen-bond acceptors (Lipinski definition) is 6. The molecule has 0 aliphatic carbocycles. The molecule has 0 heterocycles. The van der Waals surface area contributed by atoms with Crippen molar-refractivity contribution < 1.29 is 29.6 Å². The monoisotopic (exact) mass is 208 g/mol. The van der Waals surface area contributed by atoms with Crippen molar-refractivity contribution in [1.29, 1.82) is 0 Å². The Balaban J connectivity index is 4.20. The summed E-state index contributed by atoms with van der Waals surface area (Å²) < 4.78 is 9.15. The number of aliphatic hydroxyl groups excluding tert-OH is 3. The summed E-state index contributed by atoms with van der Waals surface area (Å²) in [6.45, 7) is -0.131. The Morgan fingerprint density at radius 3 is 2.14 bits per heavy atom. The van der Waals surface area contributed by atoms with Crippen LogP contribution < -0.4 is 0 Å². The maximum absolute atomic E-state index is 10.4. The van der Waals surface area contributed by atoms with Crippen LogP contribution in [0.2, 0.25) is 0 Å². The van der Waals surface area contributed by atoms with E-state index in [0.29, 0.717) is 6.29 Å². The summed E-state index contributed by atoms with van der Waals surface area (Å²) in [7, 11) is 2.56. The lowest BCUT2D eigenvalue weighted by molar-refractivity contribution is -0.142. The number of rotatable bonds is 7. The van der Waals surface area contributed by atoms with Crippen LogP contribution in [0.4, 0.5) is 0 Å².